The Labute approximate surface area is 112 Å². The van der Waals surface area contributed by atoms with Gasteiger partial charge in [0.05, 0.1) is 6.54 Å². The molecule has 98 valence electrons. The zero-order chi connectivity index (χ0) is 14.2. The van der Waals surface area contributed by atoms with Crippen LogP contribution in [0.5, 0.6) is 0 Å². The molecule has 0 bridgehead atoms. The van der Waals surface area contributed by atoms with Crippen molar-refractivity contribution in [1.29, 1.82) is 0 Å². The molecule has 0 spiro atoms. The lowest BCUT2D eigenvalue weighted by atomic mass is 9.93. The van der Waals surface area contributed by atoms with Crippen LogP contribution in [-0.4, -0.2) is 26.2 Å². The predicted molar refractivity (Wildman–Crippen MR) is 71.2 cm³/mol. The third-order valence-corrected chi connectivity index (χ3v) is 3.22. The number of halogens is 1. The number of rotatable bonds is 4. The number of carbonyl (C=O) groups excluding carboxylic acids is 2. The molecule has 0 unspecified atom stereocenters. The van der Waals surface area contributed by atoms with Gasteiger partial charge in [-0.1, -0.05) is 5.46 Å². The van der Waals surface area contributed by atoms with Gasteiger partial charge in [0.25, 0.3) is 0 Å². The van der Waals surface area contributed by atoms with E-state index in [1.165, 1.54) is 12.1 Å². The fraction of sp³-hybridized carbons (Fsp3) is 0.385. The number of nitrogens with two attached hydrogens (primary N) is 1. The Morgan fingerprint density at radius 1 is 1.47 bits per heavy atom. The Bertz CT molecular complexity index is 544. The first-order valence-corrected chi connectivity index (χ1v) is 6.05. The second-order valence-corrected chi connectivity index (χ2v) is 4.83. The van der Waals surface area contributed by atoms with Crippen molar-refractivity contribution in [2.45, 2.75) is 19.8 Å². The lowest BCUT2D eigenvalue weighted by Crippen LogP contribution is -2.41. The summed E-state index contributed by atoms with van der Waals surface area (Å²) in [7, 11) is 5.49. The van der Waals surface area contributed by atoms with Crippen molar-refractivity contribution in [2.75, 3.05) is 11.4 Å². The maximum atomic E-state index is 13.3. The van der Waals surface area contributed by atoms with Crippen LogP contribution in [0.1, 0.15) is 18.4 Å². The Kier molecular flexibility index (Phi) is 3.60. The average Bonchev–Trinajstić information content (AvgIpc) is 3.14. The predicted octanol–water partition coefficient (Wildman–Crippen LogP) is 0.792. The van der Waals surface area contributed by atoms with Crippen LogP contribution in [0.15, 0.2) is 12.1 Å². The quantitative estimate of drug-likeness (QED) is 0.813. The number of carbonyl (C=O) groups is 2. The summed E-state index contributed by atoms with van der Waals surface area (Å²) < 4.78 is 13.3. The van der Waals surface area contributed by atoms with Gasteiger partial charge in [0.2, 0.25) is 0 Å². The van der Waals surface area contributed by atoms with E-state index < -0.39 is 11.8 Å². The van der Waals surface area contributed by atoms with Crippen molar-refractivity contribution in [3.8, 4) is 0 Å². The van der Waals surface area contributed by atoms with Crippen LogP contribution in [0, 0.1) is 18.7 Å². The number of Topliss-reactive ketones (excluding diaryl/α,β-unsaturated/α-hetero) is 1. The molecule has 1 saturated carbocycles. The molecular weight excluding hydrogens is 246 g/mol. The van der Waals surface area contributed by atoms with Gasteiger partial charge in [-0.15, -0.1) is 0 Å². The molecule has 6 heteroatoms. The molecule has 1 aliphatic rings. The lowest BCUT2D eigenvalue weighted by molar-refractivity contribution is -0.118. The van der Waals surface area contributed by atoms with Crippen LogP contribution in [0.4, 0.5) is 14.9 Å². The molecule has 4 nitrogen and oxygen atoms in total. The highest BCUT2D eigenvalue weighted by Crippen LogP contribution is 2.31. The molecule has 1 aliphatic carbocycles. The van der Waals surface area contributed by atoms with E-state index in [9.17, 15) is 14.0 Å². The van der Waals surface area contributed by atoms with E-state index in [4.69, 9.17) is 13.6 Å². The maximum Gasteiger partial charge on any atom is 0.319 e. The van der Waals surface area contributed by atoms with Gasteiger partial charge >= 0.3 is 6.03 Å². The van der Waals surface area contributed by atoms with Crippen LogP contribution in [0.2, 0.25) is 0 Å². The monoisotopic (exact) mass is 260 g/mol. The lowest BCUT2D eigenvalue weighted by Gasteiger charge is -2.22. The van der Waals surface area contributed by atoms with Crippen molar-refractivity contribution in [3.63, 3.8) is 0 Å². The highest BCUT2D eigenvalue weighted by molar-refractivity contribution is 6.33. The smallest absolute Gasteiger partial charge is 0.319 e. The highest BCUT2D eigenvalue weighted by atomic mass is 19.1. The molecule has 0 aromatic heterocycles. The first-order valence-electron chi connectivity index (χ1n) is 6.05. The largest absolute Gasteiger partial charge is 0.351 e. The van der Waals surface area contributed by atoms with E-state index in [1.807, 2.05) is 0 Å². The van der Waals surface area contributed by atoms with Crippen LogP contribution in [-0.2, 0) is 4.79 Å². The van der Waals surface area contributed by atoms with E-state index in [0.717, 1.165) is 17.7 Å². The average molecular weight is 260 g/mol. The Balaban J connectivity index is 2.30. The first-order chi connectivity index (χ1) is 8.90. The van der Waals surface area contributed by atoms with Gasteiger partial charge in [-0.25, -0.2) is 9.18 Å². The normalized spacial score (nSPS) is 14.2. The van der Waals surface area contributed by atoms with Crippen LogP contribution >= 0.6 is 0 Å². The molecule has 2 rings (SSSR count). The highest BCUT2D eigenvalue weighted by Gasteiger charge is 2.32. The molecule has 0 saturated heterocycles. The zero-order valence-electron chi connectivity index (χ0n) is 10.6. The summed E-state index contributed by atoms with van der Waals surface area (Å²) in [4.78, 5) is 24.4. The summed E-state index contributed by atoms with van der Waals surface area (Å²) >= 11 is 0. The van der Waals surface area contributed by atoms with Gasteiger partial charge in [-0.3, -0.25) is 9.69 Å². The van der Waals surface area contributed by atoms with Crippen molar-refractivity contribution in [3.05, 3.63) is 23.5 Å². The third-order valence-electron chi connectivity index (χ3n) is 3.22. The third kappa shape index (κ3) is 2.94. The summed E-state index contributed by atoms with van der Waals surface area (Å²) in [5.74, 6) is -0.555. The van der Waals surface area contributed by atoms with E-state index in [0.29, 0.717) is 11.3 Å². The van der Waals surface area contributed by atoms with E-state index in [2.05, 4.69) is 0 Å². The summed E-state index contributed by atoms with van der Waals surface area (Å²) in [6, 6.07) is 1.81. The van der Waals surface area contributed by atoms with E-state index in [-0.39, 0.29) is 23.7 Å². The second-order valence-electron chi connectivity index (χ2n) is 4.83. The van der Waals surface area contributed by atoms with Gasteiger partial charge in [0, 0.05) is 11.6 Å². The zero-order valence-corrected chi connectivity index (χ0v) is 10.6. The minimum atomic E-state index is -0.747. The summed E-state index contributed by atoms with van der Waals surface area (Å²) in [6.45, 7) is 1.54. The molecule has 2 radical (unpaired) electrons. The van der Waals surface area contributed by atoms with Gasteiger partial charge in [0.15, 0.2) is 5.78 Å². The van der Waals surface area contributed by atoms with Crippen molar-refractivity contribution >= 4 is 30.8 Å². The van der Waals surface area contributed by atoms with Crippen molar-refractivity contribution in [2.24, 2.45) is 11.7 Å². The van der Waals surface area contributed by atoms with E-state index in [1.54, 1.807) is 6.92 Å². The number of urea groups is 1. The Morgan fingerprint density at radius 2 is 2.11 bits per heavy atom. The number of primary amides is 1. The number of aryl methyl sites for hydroxylation is 1. The standard InChI is InChI=1S/C13H14BFN2O2/c1-7-4-10(15)9(14)5-11(7)17(13(16)19)6-12(18)8-2-3-8/h4-5,8H,2-3,6H2,1H3,(H2,16,19). The van der Waals surface area contributed by atoms with Gasteiger partial charge in [0.1, 0.15) is 13.7 Å². The molecule has 0 aliphatic heterocycles. The SMILES string of the molecule is [B]c1cc(N(CC(=O)C2CC2)C(N)=O)c(C)cc1F. The van der Waals surface area contributed by atoms with Crippen LogP contribution < -0.4 is 16.1 Å². The fourth-order valence-electron chi connectivity index (χ4n) is 1.94. The van der Waals surface area contributed by atoms with Gasteiger partial charge < -0.3 is 5.73 Å². The number of hydrogen-bond acceptors (Lipinski definition) is 2. The van der Waals surface area contributed by atoms with Gasteiger partial charge in [-0.05, 0) is 37.5 Å². The van der Waals surface area contributed by atoms with Gasteiger partial charge in [-0.2, -0.15) is 0 Å². The number of anilines is 1. The number of ketones is 1. The molecule has 19 heavy (non-hydrogen) atoms. The van der Waals surface area contributed by atoms with E-state index >= 15 is 0 Å². The summed E-state index contributed by atoms with van der Waals surface area (Å²) in [6.07, 6.45) is 1.71. The second kappa shape index (κ2) is 5.03. The molecule has 1 fully saturated rings. The minimum Gasteiger partial charge on any atom is -0.351 e. The molecule has 2 N–H and O–H groups in total. The molecule has 1 aromatic carbocycles. The number of amides is 2. The molecular formula is C13H14BFN2O2. The summed E-state index contributed by atoms with van der Waals surface area (Å²) in [5.41, 5.74) is 6.10. The maximum absolute atomic E-state index is 13.3. The summed E-state index contributed by atoms with van der Waals surface area (Å²) in [5, 5.41) is 0. The Morgan fingerprint density at radius 3 is 2.63 bits per heavy atom. The number of benzene rings is 1. The fourth-order valence-corrected chi connectivity index (χ4v) is 1.94. The Hall–Kier alpha value is -1.85. The van der Waals surface area contributed by atoms with Crippen molar-refractivity contribution < 1.29 is 14.0 Å². The molecule has 0 atom stereocenters. The molecule has 0 heterocycles. The van der Waals surface area contributed by atoms with Crippen LogP contribution in [0.3, 0.4) is 0 Å². The minimum absolute atomic E-state index is 0.0268. The van der Waals surface area contributed by atoms with Crippen molar-refractivity contribution in [1.82, 2.24) is 0 Å². The molecule has 1 aromatic rings. The van der Waals surface area contributed by atoms with Crippen LogP contribution in [0.25, 0.3) is 0 Å². The topological polar surface area (TPSA) is 63.4 Å². The number of hydrogen-bond donors (Lipinski definition) is 1. The first kappa shape index (κ1) is 13.6. The number of nitrogens with zero attached hydrogens (tertiary/aromatic N) is 1. The molecule has 2 amide bonds.